The van der Waals surface area contributed by atoms with E-state index in [0.29, 0.717) is 18.7 Å². The number of nitrogens with zero attached hydrogens (tertiary/aromatic N) is 1. The molecule has 0 saturated carbocycles. The van der Waals surface area contributed by atoms with Crippen LogP contribution in [0.25, 0.3) is 0 Å². The molecule has 0 fully saturated rings. The van der Waals surface area contributed by atoms with Gasteiger partial charge in [-0.25, -0.2) is 13.2 Å². The Morgan fingerprint density at radius 2 is 1.62 bits per heavy atom. The summed E-state index contributed by atoms with van der Waals surface area (Å²) < 4.78 is 31.9. The maximum Gasteiger partial charge on any atom is 0.338 e. The summed E-state index contributed by atoms with van der Waals surface area (Å²) in [6.45, 7) is 9.52. The highest BCUT2D eigenvalue weighted by Crippen LogP contribution is 2.19. The lowest BCUT2D eigenvalue weighted by molar-refractivity contribution is 0.0318. The van der Waals surface area contributed by atoms with Gasteiger partial charge in [0.25, 0.3) is 0 Å². The molecule has 6 nitrogen and oxygen atoms in total. The Morgan fingerprint density at radius 3 is 2.21 bits per heavy atom. The van der Waals surface area contributed by atoms with Gasteiger partial charge in [-0.05, 0) is 56.2 Å². The predicted octanol–water partition coefficient (Wildman–Crippen LogP) is 3.76. The molecule has 29 heavy (non-hydrogen) atoms. The molecule has 0 aliphatic heterocycles. The first-order valence-electron chi connectivity index (χ1n) is 9.54. The van der Waals surface area contributed by atoms with E-state index in [-0.39, 0.29) is 16.2 Å². The third-order valence-corrected chi connectivity index (χ3v) is 6.90. The molecule has 0 saturated heterocycles. The van der Waals surface area contributed by atoms with E-state index >= 15 is 0 Å². The second kappa shape index (κ2) is 9.33. The van der Waals surface area contributed by atoms with Crippen LogP contribution in [0.2, 0.25) is 0 Å². The zero-order valence-electron chi connectivity index (χ0n) is 17.4. The van der Waals surface area contributed by atoms with Crippen LogP contribution in [0.4, 0.5) is 0 Å². The number of aryl methyl sites for hydroxylation is 2. The Kier molecular flexibility index (Phi) is 7.32. The minimum Gasteiger partial charge on any atom is -0.451 e. The van der Waals surface area contributed by atoms with E-state index in [2.05, 4.69) is 0 Å². The number of Topliss-reactive ketones (excluding diaryl/α,β-unsaturated/α-hetero) is 1. The van der Waals surface area contributed by atoms with Crippen LogP contribution in [0.15, 0.2) is 47.4 Å². The Balaban J connectivity index is 2.20. The summed E-state index contributed by atoms with van der Waals surface area (Å²) in [6.07, 6.45) is -0.993. The molecule has 0 N–H and O–H groups in total. The number of benzene rings is 2. The zero-order valence-corrected chi connectivity index (χ0v) is 18.2. The van der Waals surface area contributed by atoms with Crippen molar-refractivity contribution in [2.24, 2.45) is 0 Å². The monoisotopic (exact) mass is 417 g/mol. The lowest BCUT2D eigenvalue weighted by Gasteiger charge is -2.19. The third kappa shape index (κ3) is 5.10. The van der Waals surface area contributed by atoms with Crippen LogP contribution >= 0.6 is 0 Å². The van der Waals surface area contributed by atoms with E-state index in [9.17, 15) is 18.0 Å². The normalized spacial score (nSPS) is 12.6. The summed E-state index contributed by atoms with van der Waals surface area (Å²) in [5.74, 6) is -1.06. The molecule has 0 aliphatic carbocycles. The quantitative estimate of drug-likeness (QED) is 0.483. The van der Waals surface area contributed by atoms with E-state index in [1.807, 2.05) is 19.9 Å². The highest BCUT2D eigenvalue weighted by Gasteiger charge is 2.24. The van der Waals surface area contributed by atoms with Crippen LogP contribution in [-0.2, 0) is 14.8 Å². The largest absolute Gasteiger partial charge is 0.451 e. The molecule has 156 valence electrons. The molecule has 2 rings (SSSR count). The van der Waals surface area contributed by atoms with Crippen molar-refractivity contribution in [2.45, 2.75) is 45.6 Å². The molecule has 2 aromatic carbocycles. The van der Waals surface area contributed by atoms with Gasteiger partial charge in [0.15, 0.2) is 6.10 Å². The molecule has 1 atom stereocenters. The number of hydrogen-bond acceptors (Lipinski definition) is 5. The molecule has 0 heterocycles. The summed E-state index contributed by atoms with van der Waals surface area (Å²) in [5, 5.41) is 0. The van der Waals surface area contributed by atoms with Crippen molar-refractivity contribution in [2.75, 3.05) is 13.1 Å². The number of sulfonamides is 1. The topological polar surface area (TPSA) is 80.8 Å². The number of hydrogen-bond donors (Lipinski definition) is 0. The number of carbonyl (C=O) groups excluding carboxylic acids is 2. The average molecular weight is 418 g/mol. The summed E-state index contributed by atoms with van der Waals surface area (Å²) in [6, 6.07) is 11.0. The van der Waals surface area contributed by atoms with E-state index in [1.165, 1.54) is 35.5 Å². The Hall–Kier alpha value is -2.51. The first-order chi connectivity index (χ1) is 13.6. The average Bonchev–Trinajstić information content (AvgIpc) is 2.70. The molecule has 0 amide bonds. The Morgan fingerprint density at radius 1 is 0.966 bits per heavy atom. The maximum absolute atomic E-state index is 12.7. The fourth-order valence-corrected chi connectivity index (χ4v) is 4.41. The van der Waals surface area contributed by atoms with Gasteiger partial charge in [-0.2, -0.15) is 4.31 Å². The molecule has 0 bridgehead atoms. The number of ketones is 1. The summed E-state index contributed by atoms with van der Waals surface area (Å²) in [7, 11) is -3.70. The smallest absolute Gasteiger partial charge is 0.338 e. The van der Waals surface area contributed by atoms with Crippen LogP contribution in [-0.4, -0.2) is 43.7 Å². The standard InChI is InChI=1S/C22H27NO5S/c1-6-23(7-2)29(26,27)20-10-8-9-19(14-20)22(25)28-17(5)21(24)18-12-11-15(3)16(4)13-18/h8-14,17H,6-7H2,1-5H3/t17-/m0/s1. The van der Waals surface area contributed by atoms with Crippen molar-refractivity contribution < 1.29 is 22.7 Å². The van der Waals surface area contributed by atoms with E-state index < -0.39 is 22.1 Å². The van der Waals surface area contributed by atoms with Crippen LogP contribution < -0.4 is 0 Å². The molecule has 0 unspecified atom stereocenters. The maximum atomic E-state index is 12.7. The molecule has 0 aliphatic rings. The molecule has 0 spiro atoms. The van der Waals surface area contributed by atoms with Crippen LogP contribution in [0.1, 0.15) is 52.6 Å². The van der Waals surface area contributed by atoms with Crippen LogP contribution in [0, 0.1) is 13.8 Å². The zero-order chi connectivity index (χ0) is 21.8. The summed E-state index contributed by atoms with van der Waals surface area (Å²) >= 11 is 0. The molecule has 2 aromatic rings. The fraction of sp³-hybridized carbons (Fsp3) is 0.364. The van der Waals surface area contributed by atoms with Gasteiger partial charge in [0.1, 0.15) is 0 Å². The van der Waals surface area contributed by atoms with Gasteiger partial charge < -0.3 is 4.74 Å². The van der Waals surface area contributed by atoms with Gasteiger partial charge >= 0.3 is 5.97 Å². The van der Waals surface area contributed by atoms with E-state index in [0.717, 1.165) is 11.1 Å². The van der Waals surface area contributed by atoms with Gasteiger partial charge in [-0.15, -0.1) is 0 Å². The van der Waals surface area contributed by atoms with Crippen molar-refractivity contribution in [3.63, 3.8) is 0 Å². The predicted molar refractivity (Wildman–Crippen MR) is 112 cm³/mol. The highest BCUT2D eigenvalue weighted by atomic mass is 32.2. The van der Waals surface area contributed by atoms with Gasteiger partial charge in [-0.3, -0.25) is 4.79 Å². The minimum absolute atomic E-state index is 0.0174. The second-order valence-corrected chi connectivity index (χ2v) is 8.77. The Labute approximate surface area is 172 Å². The third-order valence-electron chi connectivity index (χ3n) is 4.86. The van der Waals surface area contributed by atoms with Gasteiger partial charge in [0.05, 0.1) is 10.5 Å². The fourth-order valence-electron chi connectivity index (χ4n) is 2.91. The summed E-state index contributed by atoms with van der Waals surface area (Å²) in [5.41, 5.74) is 2.59. The van der Waals surface area contributed by atoms with Gasteiger partial charge in [0, 0.05) is 18.7 Å². The molecular weight excluding hydrogens is 390 g/mol. The molecule has 7 heteroatoms. The molecule has 0 radical (unpaired) electrons. The van der Waals surface area contributed by atoms with Crippen LogP contribution in [0.3, 0.4) is 0 Å². The lowest BCUT2D eigenvalue weighted by Crippen LogP contribution is -2.30. The number of esters is 1. The number of carbonyl (C=O) groups is 2. The second-order valence-electron chi connectivity index (χ2n) is 6.83. The van der Waals surface area contributed by atoms with Crippen molar-refractivity contribution >= 4 is 21.8 Å². The van der Waals surface area contributed by atoms with Crippen molar-refractivity contribution in [3.8, 4) is 0 Å². The van der Waals surface area contributed by atoms with Crippen molar-refractivity contribution in [1.29, 1.82) is 0 Å². The van der Waals surface area contributed by atoms with Crippen molar-refractivity contribution in [1.82, 2.24) is 4.31 Å². The minimum atomic E-state index is -3.70. The highest BCUT2D eigenvalue weighted by molar-refractivity contribution is 7.89. The van der Waals surface area contributed by atoms with E-state index in [4.69, 9.17) is 4.74 Å². The van der Waals surface area contributed by atoms with E-state index in [1.54, 1.807) is 26.0 Å². The summed E-state index contributed by atoms with van der Waals surface area (Å²) in [4.78, 5) is 25.1. The SMILES string of the molecule is CCN(CC)S(=O)(=O)c1cccc(C(=O)O[C@@H](C)C(=O)c2ccc(C)c(C)c2)c1. The van der Waals surface area contributed by atoms with Crippen molar-refractivity contribution in [3.05, 3.63) is 64.7 Å². The molecule has 0 aromatic heterocycles. The van der Waals surface area contributed by atoms with Gasteiger partial charge in [0.2, 0.25) is 15.8 Å². The Bertz CT molecular complexity index is 1010. The van der Waals surface area contributed by atoms with Gasteiger partial charge in [-0.1, -0.05) is 32.0 Å². The first kappa shape index (κ1) is 22.8. The first-order valence-corrected chi connectivity index (χ1v) is 11.0. The molecular formula is C22H27NO5S. The van der Waals surface area contributed by atoms with Crippen LogP contribution in [0.5, 0.6) is 0 Å². The number of ether oxygens (including phenoxy) is 1. The lowest BCUT2D eigenvalue weighted by atomic mass is 10.0. The number of rotatable bonds is 8.